The molecular formula is C34H39NOP2. The molecule has 0 N–H and O–H groups in total. The highest BCUT2D eigenvalue weighted by atomic mass is 31.1. The molecule has 1 aliphatic heterocycles. The largest absolute Gasteiger partial charge is 0.341 e. The number of hydrogen-bond acceptors (Lipinski definition) is 2. The van der Waals surface area contributed by atoms with Gasteiger partial charge >= 0.3 is 0 Å². The van der Waals surface area contributed by atoms with Gasteiger partial charge in [0.15, 0.2) is 0 Å². The molecule has 1 heterocycles. The fraction of sp³-hybridized carbons (Fsp3) is 0.294. The van der Waals surface area contributed by atoms with E-state index in [0.29, 0.717) is 17.9 Å². The summed E-state index contributed by atoms with van der Waals surface area (Å²) >= 11 is 0. The zero-order chi connectivity index (χ0) is 26.5. The number of benzene rings is 4. The summed E-state index contributed by atoms with van der Waals surface area (Å²) < 4.78 is 10.4. The Morgan fingerprint density at radius 2 is 0.974 bits per heavy atom. The van der Waals surface area contributed by atoms with Crippen LogP contribution in [0.25, 0.3) is 0 Å². The first-order valence-corrected chi connectivity index (χ1v) is 16.3. The molecule has 1 aliphatic rings. The summed E-state index contributed by atoms with van der Waals surface area (Å²) in [6.07, 6.45) is 1.15. The summed E-state index contributed by atoms with van der Waals surface area (Å²) in [5.41, 5.74) is -0.292. The van der Waals surface area contributed by atoms with Crippen molar-refractivity contribution in [2.45, 2.75) is 45.8 Å². The maximum atomic E-state index is 7.62. The average Bonchev–Trinajstić information content (AvgIpc) is 2.94. The molecule has 4 aromatic carbocycles. The van der Waals surface area contributed by atoms with E-state index in [4.69, 9.17) is 4.52 Å². The smallest absolute Gasteiger partial charge is 0.0937 e. The Morgan fingerprint density at radius 1 is 0.605 bits per heavy atom. The zero-order valence-corrected chi connectivity index (χ0v) is 24.7. The minimum atomic E-state index is -0.974. The lowest BCUT2D eigenvalue weighted by Crippen LogP contribution is -2.65. The minimum absolute atomic E-state index is 0.292. The Kier molecular flexibility index (Phi) is 8.77. The van der Waals surface area contributed by atoms with Crippen molar-refractivity contribution < 1.29 is 4.52 Å². The third kappa shape index (κ3) is 5.38. The Bertz CT molecular complexity index is 1180. The number of rotatable bonds is 10. The molecule has 1 fully saturated rings. The second kappa shape index (κ2) is 12.2. The first-order chi connectivity index (χ1) is 18.5. The van der Waals surface area contributed by atoms with Crippen molar-refractivity contribution in [2.24, 2.45) is 11.8 Å². The van der Waals surface area contributed by atoms with Crippen molar-refractivity contribution >= 4 is 37.4 Å². The molecule has 0 radical (unpaired) electrons. The van der Waals surface area contributed by atoms with Crippen molar-refractivity contribution in [1.82, 2.24) is 4.67 Å². The van der Waals surface area contributed by atoms with Crippen LogP contribution < -0.4 is 21.2 Å². The summed E-state index contributed by atoms with van der Waals surface area (Å²) in [7, 11) is -1.63. The molecule has 4 aromatic rings. The number of nitrogens with zero attached hydrogens (tertiary/aromatic N) is 1. The van der Waals surface area contributed by atoms with E-state index < -0.39 is 16.2 Å². The van der Waals surface area contributed by atoms with Crippen molar-refractivity contribution in [2.75, 3.05) is 6.54 Å². The van der Waals surface area contributed by atoms with E-state index in [1.54, 1.807) is 0 Å². The molecule has 1 unspecified atom stereocenters. The molecule has 2 nitrogen and oxygen atoms in total. The molecule has 4 heteroatoms. The van der Waals surface area contributed by atoms with Crippen LogP contribution in [-0.2, 0) is 4.52 Å². The second-order valence-electron chi connectivity index (χ2n) is 10.7. The first kappa shape index (κ1) is 27.2. The van der Waals surface area contributed by atoms with E-state index in [1.165, 1.54) is 21.2 Å². The average molecular weight is 540 g/mol. The summed E-state index contributed by atoms with van der Waals surface area (Å²) in [5, 5.41) is 5.37. The monoisotopic (exact) mass is 539 g/mol. The molecule has 1 atom stereocenters. The van der Waals surface area contributed by atoms with Gasteiger partial charge < -0.3 is 4.52 Å². The lowest BCUT2D eigenvalue weighted by atomic mass is 9.71. The summed E-state index contributed by atoms with van der Waals surface area (Å²) in [6.45, 7) is 10.6. The third-order valence-electron chi connectivity index (χ3n) is 7.81. The second-order valence-corrected chi connectivity index (χ2v) is 14.6. The lowest BCUT2D eigenvalue weighted by molar-refractivity contribution is -0.0929. The molecule has 0 amide bonds. The van der Waals surface area contributed by atoms with E-state index in [-0.39, 0.29) is 5.60 Å². The molecule has 1 saturated heterocycles. The van der Waals surface area contributed by atoms with Crippen LogP contribution in [-0.4, -0.2) is 22.9 Å². The van der Waals surface area contributed by atoms with Gasteiger partial charge in [0.1, 0.15) is 0 Å². The zero-order valence-electron chi connectivity index (χ0n) is 22.9. The van der Waals surface area contributed by atoms with E-state index in [9.17, 15) is 0 Å². The van der Waals surface area contributed by atoms with Gasteiger partial charge in [0.25, 0.3) is 0 Å². The third-order valence-corrected chi connectivity index (χ3v) is 12.4. The van der Waals surface area contributed by atoms with Crippen LogP contribution in [0.2, 0.25) is 0 Å². The molecule has 0 bridgehead atoms. The van der Waals surface area contributed by atoms with Gasteiger partial charge in [-0.3, -0.25) is 4.67 Å². The predicted molar refractivity (Wildman–Crippen MR) is 167 cm³/mol. The predicted octanol–water partition coefficient (Wildman–Crippen LogP) is 7.22. The SMILES string of the molecule is CC(C)C(OP(c1ccccc1)c1ccccc1)(C(C)C)C1CCN1P(c1ccccc1)c1ccccc1. The molecule has 0 spiro atoms. The van der Waals surface area contributed by atoms with Crippen LogP contribution in [0.3, 0.4) is 0 Å². The molecule has 5 rings (SSSR count). The van der Waals surface area contributed by atoms with Gasteiger partial charge in [-0.25, -0.2) is 0 Å². The summed E-state index contributed by atoms with van der Waals surface area (Å²) in [6, 6.07) is 44.3. The van der Waals surface area contributed by atoms with E-state index in [0.717, 1.165) is 13.0 Å². The molecule has 38 heavy (non-hydrogen) atoms. The van der Waals surface area contributed by atoms with Crippen molar-refractivity contribution in [1.29, 1.82) is 0 Å². The van der Waals surface area contributed by atoms with Gasteiger partial charge in [-0.1, -0.05) is 149 Å². The normalized spacial score (nSPS) is 16.4. The Hall–Kier alpha value is -2.34. The van der Waals surface area contributed by atoms with Gasteiger partial charge in [-0.15, -0.1) is 0 Å². The fourth-order valence-corrected chi connectivity index (χ4v) is 10.8. The number of hydrogen-bond donors (Lipinski definition) is 0. The van der Waals surface area contributed by atoms with Crippen LogP contribution in [0.4, 0.5) is 0 Å². The van der Waals surface area contributed by atoms with Gasteiger partial charge in [0.2, 0.25) is 0 Å². The van der Waals surface area contributed by atoms with Crippen LogP contribution in [0.15, 0.2) is 121 Å². The van der Waals surface area contributed by atoms with E-state index >= 15 is 0 Å². The Morgan fingerprint density at radius 3 is 1.29 bits per heavy atom. The van der Waals surface area contributed by atoms with Crippen LogP contribution in [0.1, 0.15) is 34.1 Å². The molecule has 196 valence electrons. The first-order valence-electron chi connectivity index (χ1n) is 13.8. The van der Waals surface area contributed by atoms with Gasteiger partial charge in [0.05, 0.1) is 13.7 Å². The van der Waals surface area contributed by atoms with Crippen molar-refractivity contribution in [3.63, 3.8) is 0 Å². The Labute approximate surface area is 231 Å². The lowest BCUT2D eigenvalue weighted by Gasteiger charge is -2.58. The standard InChI is InChI=1S/C34H39NOP2/c1-27(2)34(28(3)4,36-38(31-21-13-7-14-22-31)32-23-15-8-16-24-32)33-25-26-35(33)37(29-17-9-5-10-18-29)30-19-11-6-12-20-30/h5-24,27-28,33H,25-26H2,1-4H3. The van der Waals surface area contributed by atoms with Gasteiger partial charge in [-0.05, 0) is 28.9 Å². The topological polar surface area (TPSA) is 12.5 Å². The van der Waals surface area contributed by atoms with Gasteiger partial charge in [-0.2, -0.15) is 0 Å². The maximum absolute atomic E-state index is 7.62. The molecule has 0 saturated carbocycles. The highest BCUT2D eigenvalue weighted by Crippen LogP contribution is 2.56. The van der Waals surface area contributed by atoms with E-state index in [2.05, 4.69) is 154 Å². The van der Waals surface area contributed by atoms with Crippen LogP contribution in [0.5, 0.6) is 0 Å². The fourth-order valence-electron chi connectivity index (χ4n) is 5.90. The highest BCUT2D eigenvalue weighted by molar-refractivity contribution is 7.71. The maximum Gasteiger partial charge on any atom is 0.0937 e. The highest BCUT2D eigenvalue weighted by Gasteiger charge is 2.55. The van der Waals surface area contributed by atoms with E-state index in [1.807, 2.05) is 0 Å². The van der Waals surface area contributed by atoms with Crippen molar-refractivity contribution in [3.05, 3.63) is 121 Å². The molecular weight excluding hydrogens is 500 g/mol. The van der Waals surface area contributed by atoms with Crippen molar-refractivity contribution in [3.8, 4) is 0 Å². The quantitative estimate of drug-likeness (QED) is 0.197. The van der Waals surface area contributed by atoms with Crippen LogP contribution in [0, 0.1) is 11.8 Å². The Balaban J connectivity index is 1.59. The van der Waals surface area contributed by atoms with Gasteiger partial charge in [0, 0.05) is 31.3 Å². The minimum Gasteiger partial charge on any atom is -0.341 e. The summed E-state index contributed by atoms with van der Waals surface area (Å²) in [4.78, 5) is 0. The van der Waals surface area contributed by atoms with Crippen LogP contribution >= 0.6 is 16.2 Å². The molecule has 0 aromatic heterocycles. The summed E-state index contributed by atoms with van der Waals surface area (Å²) in [5.74, 6) is 0.715. The molecule has 0 aliphatic carbocycles.